The van der Waals surface area contributed by atoms with Crippen molar-refractivity contribution in [3.05, 3.63) is 36.0 Å². The maximum Gasteiger partial charge on any atom is 0.213 e. The highest BCUT2D eigenvalue weighted by atomic mass is 16.5. The zero-order valence-corrected chi connectivity index (χ0v) is 7.73. The van der Waals surface area contributed by atoms with Crippen molar-refractivity contribution in [2.75, 3.05) is 6.61 Å². The first-order valence-electron chi connectivity index (χ1n) is 4.25. The molecule has 13 heavy (non-hydrogen) atoms. The van der Waals surface area contributed by atoms with Crippen LogP contribution in [-0.4, -0.2) is 11.6 Å². The summed E-state index contributed by atoms with van der Waals surface area (Å²) in [5.41, 5.74) is 6.44. The molecule has 0 radical (unpaired) electrons. The van der Waals surface area contributed by atoms with Gasteiger partial charge in [-0.05, 0) is 12.5 Å². The normalized spacial score (nSPS) is 10.6. The third-order valence-corrected chi connectivity index (χ3v) is 1.60. The Bertz CT molecular complexity index is 267. The maximum absolute atomic E-state index is 5.43. The highest BCUT2D eigenvalue weighted by Gasteiger charge is 1.93. The van der Waals surface area contributed by atoms with E-state index in [9.17, 15) is 0 Å². The highest BCUT2D eigenvalue weighted by Crippen LogP contribution is 2.06. The first-order valence-corrected chi connectivity index (χ1v) is 4.25. The van der Waals surface area contributed by atoms with Gasteiger partial charge in [-0.15, -0.1) is 0 Å². The summed E-state index contributed by atoms with van der Waals surface area (Å²) in [6, 6.07) is 3.74. The number of ether oxygens (including phenoxy) is 1. The minimum Gasteiger partial charge on any atom is -0.473 e. The molecule has 0 aliphatic heterocycles. The molecular formula is C10H14N2O. The Morgan fingerprint density at radius 1 is 1.54 bits per heavy atom. The molecule has 0 unspecified atom stereocenters. The standard InChI is InChI=1S/C10H14N2O/c1-2-3-6-13-10-5-4-9(7-11)8-12-10/h2-5,8H,6-7,11H2,1H3. The summed E-state index contributed by atoms with van der Waals surface area (Å²) < 4.78 is 5.31. The second kappa shape index (κ2) is 5.32. The molecule has 0 saturated heterocycles. The summed E-state index contributed by atoms with van der Waals surface area (Å²) >= 11 is 0. The van der Waals surface area contributed by atoms with Crippen LogP contribution >= 0.6 is 0 Å². The van der Waals surface area contributed by atoms with E-state index in [1.165, 1.54) is 0 Å². The topological polar surface area (TPSA) is 48.1 Å². The first kappa shape index (κ1) is 9.74. The molecule has 0 bridgehead atoms. The Hall–Kier alpha value is -1.35. The number of nitrogens with two attached hydrogens (primary N) is 1. The van der Waals surface area contributed by atoms with E-state index in [1.807, 2.05) is 31.2 Å². The SMILES string of the molecule is CC=CCOc1ccc(CN)cn1. The average molecular weight is 178 g/mol. The molecule has 1 rings (SSSR count). The summed E-state index contributed by atoms with van der Waals surface area (Å²) in [7, 11) is 0. The molecule has 0 amide bonds. The molecular weight excluding hydrogens is 164 g/mol. The summed E-state index contributed by atoms with van der Waals surface area (Å²) in [6.07, 6.45) is 5.60. The van der Waals surface area contributed by atoms with Gasteiger partial charge in [-0.2, -0.15) is 0 Å². The molecule has 1 aromatic heterocycles. The third kappa shape index (κ3) is 3.25. The van der Waals surface area contributed by atoms with Crippen molar-refractivity contribution in [1.82, 2.24) is 4.98 Å². The third-order valence-electron chi connectivity index (χ3n) is 1.60. The van der Waals surface area contributed by atoms with Crippen molar-refractivity contribution in [2.24, 2.45) is 5.73 Å². The van der Waals surface area contributed by atoms with Crippen LogP contribution in [0.25, 0.3) is 0 Å². The molecule has 2 N–H and O–H groups in total. The summed E-state index contributed by atoms with van der Waals surface area (Å²) in [6.45, 7) is 3.03. The second-order valence-electron chi connectivity index (χ2n) is 2.59. The van der Waals surface area contributed by atoms with Gasteiger partial charge in [-0.25, -0.2) is 4.98 Å². The number of pyridine rings is 1. The zero-order valence-electron chi connectivity index (χ0n) is 7.73. The van der Waals surface area contributed by atoms with E-state index in [0.717, 1.165) is 5.56 Å². The zero-order chi connectivity index (χ0) is 9.52. The fourth-order valence-corrected chi connectivity index (χ4v) is 0.847. The Morgan fingerprint density at radius 2 is 2.38 bits per heavy atom. The van der Waals surface area contributed by atoms with Crippen LogP contribution in [0.1, 0.15) is 12.5 Å². The quantitative estimate of drug-likeness (QED) is 0.711. The molecule has 0 aliphatic rings. The van der Waals surface area contributed by atoms with Gasteiger partial charge in [0, 0.05) is 18.8 Å². The number of hydrogen-bond donors (Lipinski definition) is 1. The molecule has 0 aromatic carbocycles. The Balaban J connectivity index is 2.49. The van der Waals surface area contributed by atoms with E-state index in [4.69, 9.17) is 10.5 Å². The largest absolute Gasteiger partial charge is 0.473 e. The fraction of sp³-hybridized carbons (Fsp3) is 0.300. The lowest BCUT2D eigenvalue weighted by atomic mass is 10.3. The number of nitrogens with zero attached hydrogens (tertiary/aromatic N) is 1. The number of rotatable bonds is 4. The van der Waals surface area contributed by atoms with Gasteiger partial charge in [0.1, 0.15) is 6.61 Å². The van der Waals surface area contributed by atoms with Crippen LogP contribution in [0.4, 0.5) is 0 Å². The molecule has 0 saturated carbocycles. The lowest BCUT2D eigenvalue weighted by Gasteiger charge is -2.01. The fourth-order valence-electron chi connectivity index (χ4n) is 0.847. The van der Waals surface area contributed by atoms with Crippen molar-refractivity contribution >= 4 is 0 Å². The van der Waals surface area contributed by atoms with Crippen molar-refractivity contribution in [1.29, 1.82) is 0 Å². The Labute approximate surface area is 78.2 Å². The lowest BCUT2D eigenvalue weighted by Crippen LogP contribution is -1.99. The van der Waals surface area contributed by atoms with Gasteiger partial charge in [0.2, 0.25) is 5.88 Å². The van der Waals surface area contributed by atoms with Crippen LogP contribution < -0.4 is 10.5 Å². The van der Waals surface area contributed by atoms with Gasteiger partial charge in [0.25, 0.3) is 0 Å². The summed E-state index contributed by atoms with van der Waals surface area (Å²) in [5.74, 6) is 0.635. The lowest BCUT2D eigenvalue weighted by molar-refractivity contribution is 0.348. The van der Waals surface area contributed by atoms with E-state index >= 15 is 0 Å². The average Bonchev–Trinajstić information content (AvgIpc) is 2.19. The van der Waals surface area contributed by atoms with Crippen LogP contribution in [0.3, 0.4) is 0 Å². The van der Waals surface area contributed by atoms with Crippen molar-refractivity contribution in [2.45, 2.75) is 13.5 Å². The van der Waals surface area contributed by atoms with Gasteiger partial charge in [-0.1, -0.05) is 18.2 Å². The van der Waals surface area contributed by atoms with Gasteiger partial charge in [-0.3, -0.25) is 0 Å². The van der Waals surface area contributed by atoms with E-state index in [1.54, 1.807) is 6.20 Å². The maximum atomic E-state index is 5.43. The number of allylic oxidation sites excluding steroid dienone is 1. The molecule has 0 fully saturated rings. The van der Waals surface area contributed by atoms with Crippen molar-refractivity contribution in [3.63, 3.8) is 0 Å². The van der Waals surface area contributed by atoms with Crippen molar-refractivity contribution in [3.8, 4) is 5.88 Å². The molecule has 0 aliphatic carbocycles. The summed E-state index contributed by atoms with van der Waals surface area (Å²) in [5, 5.41) is 0. The van der Waals surface area contributed by atoms with Crippen molar-refractivity contribution < 1.29 is 4.74 Å². The second-order valence-corrected chi connectivity index (χ2v) is 2.59. The number of hydrogen-bond acceptors (Lipinski definition) is 3. The van der Waals surface area contributed by atoms with Crippen LogP contribution in [0, 0.1) is 0 Å². The van der Waals surface area contributed by atoms with E-state index in [0.29, 0.717) is 19.0 Å². The molecule has 1 aromatic rings. The minimum atomic E-state index is 0.516. The predicted molar refractivity (Wildman–Crippen MR) is 52.4 cm³/mol. The highest BCUT2D eigenvalue weighted by molar-refractivity contribution is 5.17. The first-order chi connectivity index (χ1) is 6.36. The molecule has 70 valence electrons. The van der Waals surface area contributed by atoms with E-state index in [2.05, 4.69) is 4.98 Å². The van der Waals surface area contributed by atoms with E-state index < -0.39 is 0 Å². The molecule has 0 atom stereocenters. The smallest absolute Gasteiger partial charge is 0.213 e. The van der Waals surface area contributed by atoms with Gasteiger partial charge < -0.3 is 10.5 Å². The predicted octanol–water partition coefficient (Wildman–Crippen LogP) is 1.50. The molecule has 1 heterocycles. The number of aromatic nitrogens is 1. The van der Waals surface area contributed by atoms with Gasteiger partial charge >= 0.3 is 0 Å². The summed E-state index contributed by atoms with van der Waals surface area (Å²) in [4.78, 5) is 4.09. The molecule has 3 nitrogen and oxygen atoms in total. The van der Waals surface area contributed by atoms with Gasteiger partial charge in [0.05, 0.1) is 0 Å². The minimum absolute atomic E-state index is 0.516. The van der Waals surface area contributed by atoms with Gasteiger partial charge in [0.15, 0.2) is 0 Å². The van der Waals surface area contributed by atoms with E-state index in [-0.39, 0.29) is 0 Å². The Morgan fingerprint density at radius 3 is 2.92 bits per heavy atom. The Kier molecular flexibility index (Phi) is 3.99. The molecule has 3 heteroatoms. The molecule has 0 spiro atoms. The van der Waals surface area contributed by atoms with Crippen LogP contribution in [0.5, 0.6) is 5.88 Å². The monoisotopic (exact) mass is 178 g/mol. The van der Waals surface area contributed by atoms with Crippen LogP contribution in [0.2, 0.25) is 0 Å². The van der Waals surface area contributed by atoms with Crippen LogP contribution in [-0.2, 0) is 6.54 Å². The van der Waals surface area contributed by atoms with Crippen LogP contribution in [0.15, 0.2) is 30.5 Å².